The number of hydrogen-bond acceptors (Lipinski definition) is 6. The van der Waals surface area contributed by atoms with Gasteiger partial charge >= 0.3 is 0 Å². The first-order chi connectivity index (χ1) is 17.2. The lowest BCUT2D eigenvalue weighted by molar-refractivity contribution is 0.261. The van der Waals surface area contributed by atoms with Crippen molar-refractivity contribution in [3.05, 3.63) is 72.5 Å². The number of pyridine rings is 2. The zero-order chi connectivity index (χ0) is 23.8. The lowest BCUT2D eigenvalue weighted by atomic mass is 10.0. The number of rotatable bonds is 7. The van der Waals surface area contributed by atoms with Crippen molar-refractivity contribution in [2.24, 2.45) is 0 Å². The van der Waals surface area contributed by atoms with Crippen LogP contribution in [0.4, 0.5) is 0 Å². The summed E-state index contributed by atoms with van der Waals surface area (Å²) in [5, 5.41) is 12.0. The number of ether oxygens (including phenoxy) is 1. The summed E-state index contributed by atoms with van der Waals surface area (Å²) < 4.78 is 5.89. The summed E-state index contributed by atoms with van der Waals surface area (Å²) in [5.74, 6) is 0.764. The lowest BCUT2D eigenvalue weighted by Gasteiger charge is -2.11. The molecule has 0 bridgehead atoms. The maximum absolute atomic E-state index is 5.89. The van der Waals surface area contributed by atoms with E-state index in [2.05, 4.69) is 77.9 Å². The third-order valence-electron chi connectivity index (χ3n) is 5.99. The molecule has 0 spiro atoms. The molecule has 0 fully saturated rings. The zero-order valence-electron chi connectivity index (χ0n) is 19.4. The number of thiophene rings is 1. The Hall–Kier alpha value is -4.01. The van der Waals surface area contributed by atoms with Crippen molar-refractivity contribution < 1.29 is 4.74 Å². The van der Waals surface area contributed by atoms with Gasteiger partial charge in [-0.05, 0) is 61.4 Å². The van der Waals surface area contributed by atoms with Crippen molar-refractivity contribution in [1.29, 1.82) is 0 Å². The van der Waals surface area contributed by atoms with Crippen molar-refractivity contribution in [1.82, 2.24) is 30.0 Å². The minimum absolute atomic E-state index is 0.616. The van der Waals surface area contributed by atoms with E-state index in [1.165, 1.54) is 10.4 Å². The van der Waals surface area contributed by atoms with Gasteiger partial charge in [-0.25, -0.2) is 4.98 Å². The predicted molar refractivity (Wildman–Crippen MR) is 142 cm³/mol. The SMILES string of the molecule is CN(C)CCOc1cncc(-c2ccc3[nH]nc(-c4cc5c(-c6cccs6)ccnc5[nH]4)c3c2)c1. The van der Waals surface area contributed by atoms with E-state index in [1.54, 1.807) is 17.5 Å². The molecular formula is C27H24N6OS. The van der Waals surface area contributed by atoms with E-state index in [4.69, 9.17) is 4.74 Å². The fourth-order valence-electron chi connectivity index (χ4n) is 4.20. The van der Waals surface area contributed by atoms with Gasteiger partial charge in [-0.1, -0.05) is 12.1 Å². The summed E-state index contributed by atoms with van der Waals surface area (Å²) in [5.41, 5.74) is 6.84. The van der Waals surface area contributed by atoms with Gasteiger partial charge in [0.15, 0.2) is 0 Å². The molecule has 0 aliphatic rings. The minimum Gasteiger partial charge on any atom is -0.491 e. The summed E-state index contributed by atoms with van der Waals surface area (Å²) >= 11 is 1.72. The van der Waals surface area contributed by atoms with Crippen LogP contribution in [0, 0.1) is 0 Å². The Morgan fingerprint density at radius 1 is 1.00 bits per heavy atom. The van der Waals surface area contributed by atoms with Gasteiger partial charge in [-0.2, -0.15) is 5.10 Å². The quantitative estimate of drug-likeness (QED) is 0.300. The van der Waals surface area contributed by atoms with Gasteiger partial charge in [0.25, 0.3) is 0 Å². The van der Waals surface area contributed by atoms with E-state index in [0.29, 0.717) is 6.61 Å². The summed E-state index contributed by atoms with van der Waals surface area (Å²) in [6, 6.07) is 16.7. The first-order valence-corrected chi connectivity index (χ1v) is 12.3. The van der Waals surface area contributed by atoms with Crippen LogP contribution in [0.5, 0.6) is 5.75 Å². The first kappa shape index (κ1) is 21.5. The van der Waals surface area contributed by atoms with Crippen molar-refractivity contribution >= 4 is 33.3 Å². The summed E-state index contributed by atoms with van der Waals surface area (Å²) in [4.78, 5) is 15.7. The Kier molecular flexibility index (Phi) is 5.52. The van der Waals surface area contributed by atoms with Crippen molar-refractivity contribution in [2.75, 3.05) is 27.2 Å². The molecule has 0 saturated heterocycles. The van der Waals surface area contributed by atoms with Crippen LogP contribution < -0.4 is 4.74 Å². The largest absolute Gasteiger partial charge is 0.491 e. The van der Waals surface area contributed by atoms with Crippen molar-refractivity contribution in [3.63, 3.8) is 0 Å². The molecule has 6 aromatic rings. The van der Waals surface area contributed by atoms with E-state index >= 15 is 0 Å². The molecule has 1 aromatic carbocycles. The molecular weight excluding hydrogens is 456 g/mol. The van der Waals surface area contributed by atoms with Crippen molar-refractivity contribution in [2.45, 2.75) is 0 Å². The van der Waals surface area contributed by atoms with Gasteiger partial charge in [0.2, 0.25) is 0 Å². The molecule has 0 saturated carbocycles. The van der Waals surface area contributed by atoms with Gasteiger partial charge in [-0.3, -0.25) is 10.1 Å². The van der Waals surface area contributed by atoms with E-state index in [0.717, 1.165) is 56.7 Å². The third-order valence-corrected chi connectivity index (χ3v) is 6.89. The maximum atomic E-state index is 5.89. The highest BCUT2D eigenvalue weighted by molar-refractivity contribution is 7.13. The fraction of sp³-hybridized carbons (Fsp3) is 0.148. The summed E-state index contributed by atoms with van der Waals surface area (Å²) in [6.45, 7) is 1.47. The Labute approximate surface area is 206 Å². The molecule has 6 rings (SSSR count). The van der Waals surface area contributed by atoms with Crippen molar-refractivity contribution in [3.8, 4) is 38.7 Å². The minimum atomic E-state index is 0.616. The number of likely N-dealkylation sites (N-methyl/N-ethyl adjacent to an activating group) is 1. The topological polar surface area (TPSA) is 82.7 Å². The molecule has 7 nitrogen and oxygen atoms in total. The highest BCUT2D eigenvalue weighted by Gasteiger charge is 2.15. The van der Waals surface area contributed by atoms with Crippen LogP contribution in [0.3, 0.4) is 0 Å². The standard InChI is InChI=1S/C27H24N6OS/c1-33(2)9-10-34-19-12-18(15-28-16-19)17-5-6-23-22(13-17)26(32-31-23)24-14-21-20(25-4-3-11-35-25)7-8-29-27(21)30-24/h3-8,11-16H,9-10H2,1-2H3,(H,29,30)(H,31,32). The molecule has 0 radical (unpaired) electrons. The number of fused-ring (bicyclic) bond motifs is 2. The molecule has 2 N–H and O–H groups in total. The highest BCUT2D eigenvalue weighted by atomic mass is 32.1. The van der Waals surface area contributed by atoms with Gasteiger partial charge in [0.05, 0.1) is 17.4 Å². The molecule has 0 unspecified atom stereocenters. The van der Waals surface area contributed by atoms with Crippen LogP contribution >= 0.6 is 11.3 Å². The molecule has 0 aliphatic carbocycles. The average Bonchev–Trinajstić information content (AvgIpc) is 3.62. The zero-order valence-corrected chi connectivity index (χ0v) is 20.3. The second kappa shape index (κ2) is 8.98. The second-order valence-electron chi connectivity index (χ2n) is 8.67. The normalized spacial score (nSPS) is 11.6. The molecule has 5 aromatic heterocycles. The van der Waals surface area contributed by atoms with Crippen LogP contribution in [0.25, 0.3) is 54.9 Å². The Morgan fingerprint density at radius 3 is 2.80 bits per heavy atom. The highest BCUT2D eigenvalue weighted by Crippen LogP contribution is 2.36. The van der Waals surface area contributed by atoms with E-state index < -0.39 is 0 Å². The van der Waals surface area contributed by atoms with Crippen LogP contribution in [0.1, 0.15) is 0 Å². The number of benzene rings is 1. The molecule has 0 amide bonds. The fourth-order valence-corrected chi connectivity index (χ4v) is 4.97. The molecule has 8 heteroatoms. The van der Waals surface area contributed by atoms with Crippen LogP contribution in [-0.4, -0.2) is 57.3 Å². The molecule has 0 atom stereocenters. The number of aromatic amines is 2. The Morgan fingerprint density at radius 2 is 1.94 bits per heavy atom. The smallest absolute Gasteiger partial charge is 0.138 e. The Balaban J connectivity index is 1.38. The Bertz CT molecular complexity index is 1620. The first-order valence-electron chi connectivity index (χ1n) is 11.4. The maximum Gasteiger partial charge on any atom is 0.138 e. The molecule has 0 aliphatic heterocycles. The number of aromatic nitrogens is 5. The van der Waals surface area contributed by atoms with E-state index in [1.807, 2.05) is 32.6 Å². The molecule has 5 heterocycles. The number of H-pyrrole nitrogens is 2. The number of hydrogen-bond donors (Lipinski definition) is 2. The van der Waals surface area contributed by atoms with E-state index in [-0.39, 0.29) is 0 Å². The van der Waals surface area contributed by atoms with Crippen LogP contribution in [0.2, 0.25) is 0 Å². The number of nitrogens with one attached hydrogen (secondary N) is 2. The van der Waals surface area contributed by atoms with Crippen LogP contribution in [0.15, 0.2) is 72.5 Å². The van der Waals surface area contributed by atoms with E-state index in [9.17, 15) is 0 Å². The van der Waals surface area contributed by atoms with Gasteiger partial charge < -0.3 is 14.6 Å². The number of nitrogens with zero attached hydrogens (tertiary/aromatic N) is 4. The molecule has 35 heavy (non-hydrogen) atoms. The monoisotopic (exact) mass is 480 g/mol. The lowest BCUT2D eigenvalue weighted by Crippen LogP contribution is -2.19. The second-order valence-corrected chi connectivity index (χ2v) is 9.62. The van der Waals surface area contributed by atoms with Gasteiger partial charge in [0, 0.05) is 45.7 Å². The van der Waals surface area contributed by atoms with Crippen LogP contribution in [-0.2, 0) is 0 Å². The average molecular weight is 481 g/mol. The van der Waals surface area contributed by atoms with Gasteiger partial charge in [0.1, 0.15) is 23.7 Å². The van der Waals surface area contributed by atoms with Gasteiger partial charge in [-0.15, -0.1) is 11.3 Å². The summed E-state index contributed by atoms with van der Waals surface area (Å²) in [6.07, 6.45) is 5.46. The predicted octanol–water partition coefficient (Wildman–Crippen LogP) is 5.84. The third kappa shape index (κ3) is 4.18. The molecule has 174 valence electrons. The summed E-state index contributed by atoms with van der Waals surface area (Å²) in [7, 11) is 4.06.